The number of esters is 1. The third-order valence-corrected chi connectivity index (χ3v) is 5.89. The minimum absolute atomic E-state index is 0.122. The predicted octanol–water partition coefficient (Wildman–Crippen LogP) is 1.97. The summed E-state index contributed by atoms with van der Waals surface area (Å²) in [4.78, 5) is 39.9. The van der Waals surface area contributed by atoms with E-state index in [0.29, 0.717) is 19.4 Å². The quantitative estimate of drug-likeness (QED) is 0.369. The van der Waals surface area contributed by atoms with Gasteiger partial charge in [0.25, 0.3) is 0 Å². The molecule has 2 heterocycles. The lowest BCUT2D eigenvalue weighted by Crippen LogP contribution is -2.39. The summed E-state index contributed by atoms with van der Waals surface area (Å²) < 4.78 is 11.0. The van der Waals surface area contributed by atoms with Crippen molar-refractivity contribution in [3.05, 3.63) is 48.0 Å². The topological polar surface area (TPSA) is 97.0 Å². The van der Waals surface area contributed by atoms with Crippen molar-refractivity contribution in [3.8, 4) is 0 Å². The molecule has 1 unspecified atom stereocenters. The minimum Gasteiger partial charge on any atom is -0.456 e. The fraction of sp³-hybridized carbons (Fsp3) is 0.560. The molecule has 2 atom stereocenters. The fourth-order valence-electron chi connectivity index (χ4n) is 3.96. The number of carbonyl (C=O) groups is 3. The molecule has 2 amide bonds. The number of hydrogen-bond acceptors (Lipinski definition) is 6. The Morgan fingerprint density at radius 3 is 2.70 bits per heavy atom. The van der Waals surface area contributed by atoms with Gasteiger partial charge in [-0.05, 0) is 31.4 Å². The van der Waals surface area contributed by atoms with Gasteiger partial charge in [-0.25, -0.2) is 0 Å². The molecule has 2 N–H and O–H groups in total. The largest absolute Gasteiger partial charge is 0.456 e. The third-order valence-electron chi connectivity index (χ3n) is 5.89. The van der Waals surface area contributed by atoms with Gasteiger partial charge in [-0.1, -0.05) is 42.5 Å². The molecule has 33 heavy (non-hydrogen) atoms. The highest BCUT2D eigenvalue weighted by molar-refractivity contribution is 5.86. The highest BCUT2D eigenvalue weighted by atomic mass is 16.5. The smallest absolute Gasteiger partial charge is 0.306 e. The van der Waals surface area contributed by atoms with Gasteiger partial charge in [0.05, 0.1) is 25.7 Å². The van der Waals surface area contributed by atoms with Gasteiger partial charge in [-0.2, -0.15) is 0 Å². The minimum atomic E-state index is -0.555. The molecule has 3 rings (SSSR count). The van der Waals surface area contributed by atoms with Gasteiger partial charge in [0.1, 0.15) is 6.10 Å². The summed E-state index contributed by atoms with van der Waals surface area (Å²) in [5.41, 5.74) is 0.827. The standard InChI is InChI=1S/C25H35N3O5/c29-23(26-12-7-13-28-14-16-32-17-15-28)18-21-10-5-2-6-11-24(30)33-22(19-27-25(21)31)20-8-3-1-4-9-20/h1-5,8-9,21-22H,6-7,10-19H2,(H,26,29)(H,27,31)/b5-2+/t21-,22?/m0/s1. The SMILES string of the molecule is O=C(C[C@@H]1C/C=C/CCC(=O)OC(c2ccccc2)CNC1=O)NCCCN1CCOCC1. The second-order valence-electron chi connectivity index (χ2n) is 8.44. The molecule has 0 radical (unpaired) electrons. The lowest BCUT2D eigenvalue weighted by molar-refractivity contribution is -0.150. The molecule has 1 saturated heterocycles. The van der Waals surface area contributed by atoms with Crippen LogP contribution in [0.25, 0.3) is 0 Å². The average Bonchev–Trinajstić information content (AvgIpc) is 2.83. The lowest BCUT2D eigenvalue weighted by Gasteiger charge is -2.26. The van der Waals surface area contributed by atoms with Gasteiger partial charge in [-0.15, -0.1) is 0 Å². The zero-order valence-electron chi connectivity index (χ0n) is 19.2. The van der Waals surface area contributed by atoms with Crippen LogP contribution in [0.2, 0.25) is 0 Å². The van der Waals surface area contributed by atoms with E-state index in [1.165, 1.54) is 0 Å². The number of carbonyl (C=O) groups excluding carboxylic acids is 3. The van der Waals surface area contributed by atoms with E-state index in [-0.39, 0.29) is 37.2 Å². The third kappa shape index (κ3) is 8.98. The average molecular weight is 458 g/mol. The van der Waals surface area contributed by atoms with Crippen LogP contribution in [0.3, 0.4) is 0 Å². The van der Waals surface area contributed by atoms with E-state index in [1.54, 1.807) is 0 Å². The summed E-state index contributed by atoms with van der Waals surface area (Å²) in [5.74, 6) is -1.09. The van der Waals surface area contributed by atoms with Crippen LogP contribution in [-0.4, -0.2) is 68.6 Å². The molecule has 1 fully saturated rings. The summed E-state index contributed by atoms with van der Waals surface area (Å²) in [6, 6.07) is 9.38. The van der Waals surface area contributed by atoms with Gasteiger partial charge < -0.3 is 20.1 Å². The van der Waals surface area contributed by atoms with E-state index in [1.807, 2.05) is 42.5 Å². The number of cyclic esters (lactones) is 1. The van der Waals surface area contributed by atoms with Gasteiger partial charge in [-0.3, -0.25) is 19.3 Å². The number of morpholine rings is 1. The van der Waals surface area contributed by atoms with Crippen LogP contribution in [0.15, 0.2) is 42.5 Å². The molecule has 1 aromatic rings. The van der Waals surface area contributed by atoms with Gasteiger partial charge in [0.2, 0.25) is 11.8 Å². The van der Waals surface area contributed by atoms with Crippen molar-refractivity contribution in [2.45, 2.75) is 38.2 Å². The maximum Gasteiger partial charge on any atom is 0.306 e. The van der Waals surface area contributed by atoms with E-state index < -0.39 is 12.0 Å². The Morgan fingerprint density at radius 2 is 1.91 bits per heavy atom. The van der Waals surface area contributed by atoms with Crippen LogP contribution in [0, 0.1) is 5.92 Å². The van der Waals surface area contributed by atoms with Crippen molar-refractivity contribution in [2.24, 2.45) is 5.92 Å². The van der Waals surface area contributed by atoms with Crippen LogP contribution in [0.5, 0.6) is 0 Å². The van der Waals surface area contributed by atoms with Crippen LogP contribution in [-0.2, 0) is 23.9 Å². The molecule has 0 aromatic heterocycles. The zero-order chi connectivity index (χ0) is 23.3. The molecule has 1 aromatic carbocycles. The summed E-state index contributed by atoms with van der Waals surface area (Å²) in [6.45, 7) is 5.09. The highest BCUT2D eigenvalue weighted by Crippen LogP contribution is 2.19. The first-order valence-electron chi connectivity index (χ1n) is 11.9. The lowest BCUT2D eigenvalue weighted by atomic mass is 9.98. The molecular formula is C25H35N3O5. The van der Waals surface area contributed by atoms with E-state index in [4.69, 9.17) is 9.47 Å². The maximum atomic E-state index is 12.9. The first-order chi connectivity index (χ1) is 16.1. The fourth-order valence-corrected chi connectivity index (χ4v) is 3.96. The predicted molar refractivity (Wildman–Crippen MR) is 124 cm³/mol. The van der Waals surface area contributed by atoms with Crippen molar-refractivity contribution >= 4 is 17.8 Å². The maximum absolute atomic E-state index is 12.9. The van der Waals surface area contributed by atoms with Gasteiger partial charge in [0, 0.05) is 32.5 Å². The number of nitrogens with zero attached hydrogens (tertiary/aromatic N) is 1. The second kappa shape index (κ2) is 13.7. The first kappa shape index (κ1) is 24.9. The summed E-state index contributed by atoms with van der Waals surface area (Å²) in [5, 5.41) is 5.83. The zero-order valence-corrected chi connectivity index (χ0v) is 19.2. The van der Waals surface area contributed by atoms with Crippen LogP contribution in [0.1, 0.15) is 43.8 Å². The first-order valence-corrected chi connectivity index (χ1v) is 11.9. The number of nitrogens with one attached hydrogen (secondary N) is 2. The number of hydrogen-bond donors (Lipinski definition) is 2. The Balaban J connectivity index is 1.51. The van der Waals surface area contributed by atoms with Crippen molar-refractivity contribution in [1.29, 1.82) is 0 Å². The van der Waals surface area contributed by atoms with Gasteiger partial charge in [0.15, 0.2) is 0 Å². The van der Waals surface area contributed by atoms with Crippen molar-refractivity contribution < 1.29 is 23.9 Å². The molecule has 180 valence electrons. The summed E-state index contributed by atoms with van der Waals surface area (Å²) in [7, 11) is 0. The highest BCUT2D eigenvalue weighted by Gasteiger charge is 2.24. The van der Waals surface area contributed by atoms with Gasteiger partial charge >= 0.3 is 5.97 Å². The Hall–Kier alpha value is -2.71. The Bertz CT molecular complexity index is 792. The Labute approximate surface area is 195 Å². The van der Waals surface area contributed by atoms with Crippen molar-refractivity contribution in [3.63, 3.8) is 0 Å². The van der Waals surface area contributed by atoms with Crippen LogP contribution < -0.4 is 10.6 Å². The summed E-state index contributed by atoms with van der Waals surface area (Å²) >= 11 is 0. The van der Waals surface area contributed by atoms with E-state index >= 15 is 0 Å². The number of rotatable bonds is 7. The van der Waals surface area contributed by atoms with Crippen molar-refractivity contribution in [2.75, 3.05) is 45.9 Å². The molecule has 8 nitrogen and oxygen atoms in total. The number of ether oxygens (including phenoxy) is 2. The Kier molecular flexibility index (Phi) is 10.4. The van der Waals surface area contributed by atoms with E-state index in [0.717, 1.165) is 44.8 Å². The second-order valence-corrected chi connectivity index (χ2v) is 8.44. The normalized spacial score (nSPS) is 24.0. The Morgan fingerprint density at radius 1 is 1.12 bits per heavy atom. The summed E-state index contributed by atoms with van der Waals surface area (Å²) in [6.07, 6.45) is 5.47. The molecule has 8 heteroatoms. The molecule has 2 aliphatic heterocycles. The molecule has 0 aliphatic carbocycles. The number of amides is 2. The van der Waals surface area contributed by atoms with Crippen LogP contribution >= 0.6 is 0 Å². The molecule has 0 bridgehead atoms. The molecule has 0 spiro atoms. The molecule has 2 aliphatic rings. The molecular weight excluding hydrogens is 422 g/mol. The number of benzene rings is 1. The van der Waals surface area contributed by atoms with E-state index in [2.05, 4.69) is 15.5 Å². The van der Waals surface area contributed by atoms with E-state index in [9.17, 15) is 14.4 Å². The molecule has 0 saturated carbocycles. The van der Waals surface area contributed by atoms with Crippen molar-refractivity contribution in [1.82, 2.24) is 15.5 Å². The number of allylic oxidation sites excluding steroid dienone is 2. The van der Waals surface area contributed by atoms with Crippen LogP contribution in [0.4, 0.5) is 0 Å². The monoisotopic (exact) mass is 457 g/mol.